The summed E-state index contributed by atoms with van der Waals surface area (Å²) in [5, 5.41) is 3.97. The molecule has 1 unspecified atom stereocenters. The molecule has 4 nitrogen and oxygen atoms in total. The van der Waals surface area contributed by atoms with Crippen LogP contribution in [0, 0.1) is 0 Å². The van der Waals surface area contributed by atoms with E-state index in [-0.39, 0.29) is 5.78 Å². The fourth-order valence-corrected chi connectivity index (χ4v) is 1.72. The highest BCUT2D eigenvalue weighted by Gasteiger charge is 2.17. The molecular weight excluding hydrogens is 214 g/mol. The van der Waals surface area contributed by atoms with Crippen molar-refractivity contribution in [3.8, 4) is 0 Å². The van der Waals surface area contributed by atoms with Crippen LogP contribution in [0.4, 0.5) is 0 Å². The van der Waals surface area contributed by atoms with Crippen molar-refractivity contribution in [2.24, 2.45) is 12.8 Å². The zero-order chi connectivity index (χ0) is 12.3. The number of nitrogens with two attached hydrogens (primary N) is 1. The van der Waals surface area contributed by atoms with E-state index in [1.807, 2.05) is 30.3 Å². The van der Waals surface area contributed by atoms with Crippen LogP contribution in [0.1, 0.15) is 15.9 Å². The van der Waals surface area contributed by atoms with Gasteiger partial charge in [0, 0.05) is 13.2 Å². The molecule has 1 aromatic heterocycles. The normalized spacial score (nSPS) is 12.4. The average Bonchev–Trinajstić information content (AvgIpc) is 2.76. The number of carbonyl (C=O) groups is 1. The number of benzene rings is 1. The second kappa shape index (κ2) is 4.93. The molecule has 1 aromatic carbocycles. The van der Waals surface area contributed by atoms with E-state index in [0.29, 0.717) is 12.0 Å². The van der Waals surface area contributed by atoms with Crippen molar-refractivity contribution in [3.63, 3.8) is 0 Å². The third kappa shape index (κ3) is 2.79. The number of aromatic nitrogens is 2. The maximum atomic E-state index is 12.0. The van der Waals surface area contributed by atoms with Crippen LogP contribution in [-0.2, 0) is 13.5 Å². The zero-order valence-electron chi connectivity index (χ0n) is 9.71. The first-order valence-corrected chi connectivity index (χ1v) is 5.49. The van der Waals surface area contributed by atoms with E-state index in [9.17, 15) is 4.79 Å². The first-order valence-electron chi connectivity index (χ1n) is 5.49. The lowest BCUT2D eigenvalue weighted by atomic mass is 10.0. The first-order chi connectivity index (χ1) is 8.16. The van der Waals surface area contributed by atoms with Gasteiger partial charge in [0.05, 0.1) is 17.8 Å². The molecule has 0 aliphatic heterocycles. The Bertz CT molecular complexity index is 504. The number of nitrogens with zero attached hydrogens (tertiary/aromatic N) is 2. The van der Waals surface area contributed by atoms with E-state index in [1.165, 1.54) is 0 Å². The van der Waals surface area contributed by atoms with E-state index in [0.717, 1.165) is 5.56 Å². The zero-order valence-corrected chi connectivity index (χ0v) is 9.71. The molecule has 0 saturated carbocycles. The molecule has 0 saturated heterocycles. The molecule has 4 heteroatoms. The van der Waals surface area contributed by atoms with Crippen molar-refractivity contribution in [3.05, 3.63) is 53.9 Å². The van der Waals surface area contributed by atoms with Crippen molar-refractivity contribution in [2.45, 2.75) is 12.5 Å². The molecule has 0 fully saturated rings. The van der Waals surface area contributed by atoms with Gasteiger partial charge in [-0.3, -0.25) is 9.48 Å². The molecular formula is C13H15N3O. The molecule has 2 N–H and O–H groups in total. The predicted molar refractivity (Wildman–Crippen MR) is 65.7 cm³/mol. The summed E-state index contributed by atoms with van der Waals surface area (Å²) in [5.41, 5.74) is 7.54. The largest absolute Gasteiger partial charge is 0.321 e. The molecule has 0 amide bonds. The number of ketones is 1. The van der Waals surface area contributed by atoms with Crippen molar-refractivity contribution in [2.75, 3.05) is 0 Å². The third-order valence-electron chi connectivity index (χ3n) is 2.62. The van der Waals surface area contributed by atoms with Gasteiger partial charge < -0.3 is 5.73 Å². The summed E-state index contributed by atoms with van der Waals surface area (Å²) in [6.45, 7) is 0. The molecule has 88 valence electrons. The van der Waals surface area contributed by atoms with Crippen LogP contribution in [0.3, 0.4) is 0 Å². The molecule has 2 aromatic rings. The van der Waals surface area contributed by atoms with Gasteiger partial charge in [-0.05, 0) is 12.0 Å². The fraction of sp³-hybridized carbons (Fsp3) is 0.231. The SMILES string of the molecule is Cn1cc(C(=O)C(N)Cc2ccccc2)cn1. The number of aryl methyl sites for hydroxylation is 1. The number of Topliss-reactive ketones (excluding diaryl/α,β-unsaturated/α-hetero) is 1. The van der Waals surface area contributed by atoms with Crippen LogP contribution in [0.2, 0.25) is 0 Å². The molecule has 0 aliphatic rings. The van der Waals surface area contributed by atoms with Gasteiger partial charge in [-0.15, -0.1) is 0 Å². The lowest BCUT2D eigenvalue weighted by molar-refractivity contribution is 0.0961. The Balaban J connectivity index is 2.06. The maximum absolute atomic E-state index is 12.0. The Kier molecular flexibility index (Phi) is 3.35. The highest BCUT2D eigenvalue weighted by Crippen LogP contribution is 2.07. The number of carbonyl (C=O) groups excluding carboxylic acids is 1. The minimum Gasteiger partial charge on any atom is -0.321 e. The van der Waals surface area contributed by atoms with Crippen molar-refractivity contribution < 1.29 is 4.79 Å². The average molecular weight is 229 g/mol. The standard InChI is InChI=1S/C13H15N3O/c1-16-9-11(8-15-16)13(17)12(14)7-10-5-3-2-4-6-10/h2-6,8-9,12H,7,14H2,1H3. The molecule has 0 bridgehead atoms. The Morgan fingerprint density at radius 1 is 1.41 bits per heavy atom. The van der Waals surface area contributed by atoms with Crippen LogP contribution >= 0.6 is 0 Å². The third-order valence-corrected chi connectivity index (χ3v) is 2.62. The van der Waals surface area contributed by atoms with Crippen molar-refractivity contribution in [1.29, 1.82) is 0 Å². The number of rotatable bonds is 4. The van der Waals surface area contributed by atoms with Crippen LogP contribution < -0.4 is 5.73 Å². The second-order valence-corrected chi connectivity index (χ2v) is 4.06. The molecule has 1 heterocycles. The highest BCUT2D eigenvalue weighted by molar-refractivity contribution is 5.99. The van der Waals surface area contributed by atoms with Crippen molar-refractivity contribution >= 4 is 5.78 Å². The predicted octanol–water partition coefficient (Wildman–Crippen LogP) is 1.17. The summed E-state index contributed by atoms with van der Waals surface area (Å²) in [6, 6.07) is 9.25. The summed E-state index contributed by atoms with van der Waals surface area (Å²) in [4.78, 5) is 12.0. The molecule has 17 heavy (non-hydrogen) atoms. The Hall–Kier alpha value is -1.94. The van der Waals surface area contributed by atoms with Gasteiger partial charge in [-0.2, -0.15) is 5.10 Å². The Labute approximate surface area is 100 Å². The minimum atomic E-state index is -0.512. The van der Waals surface area contributed by atoms with Gasteiger partial charge >= 0.3 is 0 Å². The van der Waals surface area contributed by atoms with Crippen LogP contribution in [-0.4, -0.2) is 21.6 Å². The van der Waals surface area contributed by atoms with Crippen molar-refractivity contribution in [1.82, 2.24) is 9.78 Å². The summed E-state index contributed by atoms with van der Waals surface area (Å²) >= 11 is 0. The monoisotopic (exact) mass is 229 g/mol. The highest BCUT2D eigenvalue weighted by atomic mass is 16.1. The van der Waals surface area contributed by atoms with Gasteiger partial charge in [0.25, 0.3) is 0 Å². The molecule has 0 aliphatic carbocycles. The van der Waals surface area contributed by atoms with E-state index in [1.54, 1.807) is 24.1 Å². The fourth-order valence-electron chi connectivity index (χ4n) is 1.72. The van der Waals surface area contributed by atoms with E-state index < -0.39 is 6.04 Å². The summed E-state index contributed by atoms with van der Waals surface area (Å²) in [7, 11) is 1.78. The van der Waals surface area contributed by atoms with E-state index >= 15 is 0 Å². The second-order valence-electron chi connectivity index (χ2n) is 4.06. The number of hydrogen-bond donors (Lipinski definition) is 1. The molecule has 2 rings (SSSR count). The van der Waals surface area contributed by atoms with Gasteiger partial charge in [0.2, 0.25) is 0 Å². The summed E-state index contributed by atoms with van der Waals surface area (Å²) < 4.78 is 1.60. The van der Waals surface area contributed by atoms with E-state index in [4.69, 9.17) is 5.73 Å². The lowest BCUT2D eigenvalue weighted by Gasteiger charge is -2.08. The molecule has 1 atom stereocenters. The van der Waals surface area contributed by atoms with Gasteiger partial charge in [0.1, 0.15) is 0 Å². The van der Waals surface area contributed by atoms with Crippen LogP contribution in [0.5, 0.6) is 0 Å². The van der Waals surface area contributed by atoms with Gasteiger partial charge in [0.15, 0.2) is 5.78 Å². The molecule has 0 radical (unpaired) electrons. The number of hydrogen-bond acceptors (Lipinski definition) is 3. The van der Waals surface area contributed by atoms with Crippen LogP contribution in [0.15, 0.2) is 42.7 Å². The Morgan fingerprint density at radius 2 is 2.12 bits per heavy atom. The topological polar surface area (TPSA) is 60.9 Å². The summed E-state index contributed by atoms with van der Waals surface area (Å²) in [5.74, 6) is -0.0676. The Morgan fingerprint density at radius 3 is 2.71 bits per heavy atom. The van der Waals surface area contributed by atoms with Gasteiger partial charge in [-0.1, -0.05) is 30.3 Å². The van der Waals surface area contributed by atoms with E-state index in [2.05, 4.69) is 5.10 Å². The quantitative estimate of drug-likeness (QED) is 0.801. The minimum absolute atomic E-state index is 0.0676. The maximum Gasteiger partial charge on any atom is 0.182 e. The van der Waals surface area contributed by atoms with Gasteiger partial charge in [-0.25, -0.2) is 0 Å². The molecule has 0 spiro atoms. The first kappa shape index (κ1) is 11.5. The van der Waals surface area contributed by atoms with Crippen LogP contribution in [0.25, 0.3) is 0 Å². The smallest absolute Gasteiger partial charge is 0.182 e. The summed E-state index contributed by atoms with van der Waals surface area (Å²) in [6.07, 6.45) is 3.79. The lowest BCUT2D eigenvalue weighted by Crippen LogP contribution is -2.32.